The van der Waals surface area contributed by atoms with Gasteiger partial charge in [-0.1, -0.05) is 12.1 Å². The quantitative estimate of drug-likeness (QED) is 0.354. The molecule has 1 amide bonds. The number of hydrogen-bond acceptors (Lipinski definition) is 5. The lowest BCUT2D eigenvalue weighted by atomic mass is 10.1. The first-order valence-corrected chi connectivity index (χ1v) is 5.70. The Bertz CT molecular complexity index is 371. The summed E-state index contributed by atoms with van der Waals surface area (Å²) in [6, 6.07) is 7.03. The number of amides is 1. The fourth-order valence-electron chi connectivity index (χ4n) is 1.38. The number of anilines is 1. The zero-order valence-electron chi connectivity index (χ0n) is 10.4. The van der Waals surface area contributed by atoms with E-state index in [4.69, 9.17) is 15.3 Å². The van der Waals surface area contributed by atoms with Crippen molar-refractivity contribution < 1.29 is 14.3 Å². The number of hydrazine groups is 1. The third-order valence-electron chi connectivity index (χ3n) is 2.29. The van der Waals surface area contributed by atoms with E-state index >= 15 is 0 Å². The van der Waals surface area contributed by atoms with Crippen LogP contribution in [-0.4, -0.2) is 39.4 Å². The predicted octanol–water partition coefficient (Wildman–Crippen LogP) is 0.365. The van der Waals surface area contributed by atoms with Gasteiger partial charge in [0.15, 0.2) is 0 Å². The van der Waals surface area contributed by atoms with Gasteiger partial charge in [-0.05, 0) is 12.1 Å². The summed E-state index contributed by atoms with van der Waals surface area (Å²) in [6.45, 7) is 1.97. The van der Waals surface area contributed by atoms with Crippen molar-refractivity contribution in [1.29, 1.82) is 0 Å². The number of benzene rings is 1. The van der Waals surface area contributed by atoms with Crippen LogP contribution >= 0.6 is 0 Å². The van der Waals surface area contributed by atoms with E-state index in [-0.39, 0.29) is 5.91 Å². The van der Waals surface area contributed by atoms with Gasteiger partial charge < -0.3 is 20.2 Å². The molecule has 0 fully saturated rings. The highest BCUT2D eigenvalue weighted by Crippen LogP contribution is 2.12. The van der Waals surface area contributed by atoms with E-state index in [0.717, 1.165) is 0 Å². The van der Waals surface area contributed by atoms with Crippen molar-refractivity contribution in [3.05, 3.63) is 29.8 Å². The smallest absolute Gasteiger partial charge is 0.253 e. The molecule has 0 bridgehead atoms. The number of hydrogen-bond donors (Lipinski definition) is 3. The molecular weight excluding hydrogens is 234 g/mol. The van der Waals surface area contributed by atoms with Crippen molar-refractivity contribution in [1.82, 2.24) is 5.32 Å². The van der Waals surface area contributed by atoms with E-state index in [1.807, 2.05) is 0 Å². The van der Waals surface area contributed by atoms with Crippen LogP contribution in [0.4, 0.5) is 5.69 Å². The van der Waals surface area contributed by atoms with Crippen LogP contribution in [0.2, 0.25) is 0 Å². The molecule has 0 saturated carbocycles. The second-order valence-corrected chi connectivity index (χ2v) is 3.55. The maximum absolute atomic E-state index is 11.8. The molecule has 0 spiro atoms. The normalized spacial score (nSPS) is 10.1. The van der Waals surface area contributed by atoms with Gasteiger partial charge in [0.25, 0.3) is 5.91 Å². The molecule has 0 saturated heterocycles. The van der Waals surface area contributed by atoms with E-state index in [1.165, 1.54) is 0 Å². The molecule has 100 valence electrons. The Hall–Kier alpha value is -1.63. The average Bonchev–Trinajstić information content (AvgIpc) is 2.42. The number of nitrogens with one attached hydrogen (secondary N) is 2. The number of rotatable bonds is 8. The number of para-hydroxylation sites is 1. The minimum atomic E-state index is -0.182. The molecule has 6 nitrogen and oxygen atoms in total. The summed E-state index contributed by atoms with van der Waals surface area (Å²) in [5.41, 5.74) is 3.59. The molecule has 0 aliphatic carbocycles. The Morgan fingerprint density at radius 1 is 1.28 bits per heavy atom. The second-order valence-electron chi connectivity index (χ2n) is 3.55. The Morgan fingerprint density at radius 2 is 2.06 bits per heavy atom. The molecule has 4 N–H and O–H groups in total. The van der Waals surface area contributed by atoms with Gasteiger partial charge >= 0.3 is 0 Å². The summed E-state index contributed by atoms with van der Waals surface area (Å²) < 4.78 is 10.1. The third kappa shape index (κ3) is 4.70. The molecule has 1 aromatic rings. The average molecular weight is 253 g/mol. The lowest BCUT2D eigenvalue weighted by Crippen LogP contribution is -2.28. The van der Waals surface area contributed by atoms with Gasteiger partial charge in [0.1, 0.15) is 0 Å². The van der Waals surface area contributed by atoms with Crippen LogP contribution < -0.4 is 16.6 Å². The first-order valence-electron chi connectivity index (χ1n) is 5.70. The van der Waals surface area contributed by atoms with Gasteiger partial charge in [-0.2, -0.15) is 0 Å². The largest absolute Gasteiger partial charge is 0.382 e. The van der Waals surface area contributed by atoms with Gasteiger partial charge in [0, 0.05) is 13.7 Å². The third-order valence-corrected chi connectivity index (χ3v) is 2.29. The maximum atomic E-state index is 11.8. The highest BCUT2D eigenvalue weighted by molar-refractivity contribution is 5.99. The Labute approximate surface area is 106 Å². The molecule has 0 aromatic heterocycles. The Kier molecular flexibility index (Phi) is 6.78. The minimum Gasteiger partial charge on any atom is -0.382 e. The number of nitrogen functional groups attached to an aromatic ring is 1. The molecule has 1 aromatic carbocycles. The molecule has 0 unspecified atom stereocenters. The van der Waals surface area contributed by atoms with Gasteiger partial charge in [0.05, 0.1) is 31.1 Å². The van der Waals surface area contributed by atoms with Crippen molar-refractivity contribution in [2.45, 2.75) is 0 Å². The Morgan fingerprint density at radius 3 is 2.78 bits per heavy atom. The van der Waals surface area contributed by atoms with E-state index in [9.17, 15) is 4.79 Å². The van der Waals surface area contributed by atoms with E-state index in [2.05, 4.69) is 10.7 Å². The van der Waals surface area contributed by atoms with Crippen LogP contribution in [0.25, 0.3) is 0 Å². The summed E-state index contributed by atoms with van der Waals surface area (Å²) in [4.78, 5) is 11.8. The van der Waals surface area contributed by atoms with Gasteiger partial charge in [-0.3, -0.25) is 10.6 Å². The topological polar surface area (TPSA) is 85.6 Å². The van der Waals surface area contributed by atoms with Crippen molar-refractivity contribution in [2.24, 2.45) is 5.84 Å². The molecule has 0 atom stereocenters. The van der Waals surface area contributed by atoms with Gasteiger partial charge in [-0.15, -0.1) is 0 Å². The lowest BCUT2D eigenvalue weighted by molar-refractivity contribution is 0.0693. The summed E-state index contributed by atoms with van der Waals surface area (Å²) in [7, 11) is 1.61. The van der Waals surface area contributed by atoms with Crippen molar-refractivity contribution in [2.75, 3.05) is 38.9 Å². The highest BCUT2D eigenvalue weighted by Gasteiger charge is 2.08. The van der Waals surface area contributed by atoms with Crippen molar-refractivity contribution in [3.63, 3.8) is 0 Å². The van der Waals surface area contributed by atoms with Gasteiger partial charge in [0.2, 0.25) is 0 Å². The van der Waals surface area contributed by atoms with Crippen LogP contribution in [0.3, 0.4) is 0 Å². The number of nitrogens with two attached hydrogens (primary N) is 1. The van der Waals surface area contributed by atoms with Crippen molar-refractivity contribution in [3.8, 4) is 0 Å². The zero-order chi connectivity index (χ0) is 13.2. The van der Waals surface area contributed by atoms with Crippen molar-refractivity contribution >= 4 is 11.6 Å². The fourth-order valence-corrected chi connectivity index (χ4v) is 1.38. The van der Waals surface area contributed by atoms with E-state index in [0.29, 0.717) is 37.6 Å². The summed E-state index contributed by atoms with van der Waals surface area (Å²) in [6.07, 6.45) is 0. The van der Waals surface area contributed by atoms with Crippen LogP contribution in [0, 0.1) is 0 Å². The number of ether oxygens (including phenoxy) is 2. The first kappa shape index (κ1) is 14.4. The lowest BCUT2D eigenvalue weighted by Gasteiger charge is -2.09. The number of carbonyl (C=O) groups is 1. The minimum absolute atomic E-state index is 0.182. The molecule has 0 aliphatic rings. The van der Waals surface area contributed by atoms with Crippen LogP contribution in [0.5, 0.6) is 0 Å². The first-order chi connectivity index (χ1) is 8.79. The summed E-state index contributed by atoms with van der Waals surface area (Å²) in [5, 5.41) is 2.75. The summed E-state index contributed by atoms with van der Waals surface area (Å²) in [5.74, 6) is 5.15. The zero-order valence-corrected chi connectivity index (χ0v) is 10.4. The SMILES string of the molecule is COCCOCCNC(=O)c1ccccc1NN. The van der Waals surface area contributed by atoms with E-state index < -0.39 is 0 Å². The summed E-state index contributed by atoms with van der Waals surface area (Å²) >= 11 is 0. The predicted molar refractivity (Wildman–Crippen MR) is 69.3 cm³/mol. The van der Waals surface area contributed by atoms with Gasteiger partial charge in [-0.25, -0.2) is 0 Å². The number of carbonyl (C=O) groups excluding carboxylic acids is 1. The molecule has 6 heteroatoms. The molecule has 18 heavy (non-hydrogen) atoms. The van der Waals surface area contributed by atoms with Crippen LogP contribution in [0.15, 0.2) is 24.3 Å². The number of methoxy groups -OCH3 is 1. The standard InChI is InChI=1S/C12H19N3O3/c1-17-8-9-18-7-6-14-12(16)10-4-2-3-5-11(10)15-13/h2-5,15H,6-9,13H2,1H3,(H,14,16). The molecule has 0 radical (unpaired) electrons. The monoisotopic (exact) mass is 253 g/mol. The Balaban J connectivity index is 2.32. The van der Waals surface area contributed by atoms with Crippen LogP contribution in [0.1, 0.15) is 10.4 Å². The highest BCUT2D eigenvalue weighted by atomic mass is 16.5. The van der Waals surface area contributed by atoms with Crippen LogP contribution in [-0.2, 0) is 9.47 Å². The molecule has 1 rings (SSSR count). The second kappa shape index (κ2) is 8.46. The van der Waals surface area contributed by atoms with E-state index in [1.54, 1.807) is 31.4 Å². The fraction of sp³-hybridized carbons (Fsp3) is 0.417. The molecule has 0 heterocycles. The molecule has 0 aliphatic heterocycles. The molecular formula is C12H19N3O3. The maximum Gasteiger partial charge on any atom is 0.253 e.